The molecule has 0 saturated heterocycles. The van der Waals surface area contributed by atoms with E-state index in [1.807, 2.05) is 0 Å². The third kappa shape index (κ3) is 34.2. The van der Waals surface area contributed by atoms with Gasteiger partial charge in [-0.05, 0) is 110 Å². The molecule has 5 nitrogen and oxygen atoms in total. The molecule has 0 aromatic heterocycles. The number of unbranched alkanes of at least 4 members (excludes halogenated alkanes) is 14. The molecule has 47 heavy (non-hydrogen) atoms. The molecule has 0 aliphatic heterocycles. The molecule has 0 aromatic carbocycles. The maximum atomic E-state index is 12.0. The van der Waals surface area contributed by atoms with Crippen LogP contribution in [0.2, 0.25) is 0 Å². The van der Waals surface area contributed by atoms with E-state index in [-0.39, 0.29) is 19.9 Å². The number of rotatable bonds is 35. The molecule has 6 heteroatoms. The first-order valence-corrected chi connectivity index (χ1v) is 21.3. The Kier molecular flexibility index (Phi) is 34.7. The normalized spacial score (nSPS) is 11.8. The highest BCUT2D eigenvalue weighted by molar-refractivity contribution is 7.62. The van der Waals surface area contributed by atoms with Gasteiger partial charge in [0, 0.05) is 12.8 Å². The summed E-state index contributed by atoms with van der Waals surface area (Å²) in [6.45, 7) is 11.1. The molecule has 0 amide bonds. The van der Waals surface area contributed by atoms with Crippen LogP contribution in [0.1, 0.15) is 168 Å². The predicted octanol–water partition coefficient (Wildman–Crippen LogP) is 12.1. The quantitative estimate of drug-likeness (QED) is 0.0289. The van der Waals surface area contributed by atoms with Crippen LogP contribution in [0.15, 0.2) is 36.2 Å². The van der Waals surface area contributed by atoms with Crippen LogP contribution in [0.5, 0.6) is 0 Å². The third-order valence-corrected chi connectivity index (χ3v) is 11.3. The van der Waals surface area contributed by atoms with Crippen molar-refractivity contribution in [2.45, 2.75) is 168 Å². The van der Waals surface area contributed by atoms with Gasteiger partial charge in [-0.1, -0.05) is 122 Å². The summed E-state index contributed by atoms with van der Waals surface area (Å²) < 4.78 is 10.8. The highest BCUT2D eigenvalue weighted by Gasteiger charge is 2.12. The minimum Gasteiger partial charge on any atom is -0.465 e. The van der Waals surface area contributed by atoms with Crippen LogP contribution in [0, 0.1) is 0 Å². The average molecular weight is 678 g/mol. The Balaban J connectivity index is 4.06. The highest BCUT2D eigenvalue weighted by Crippen LogP contribution is 2.47. The summed E-state index contributed by atoms with van der Waals surface area (Å²) in [5, 5.41) is 1.50. The first kappa shape index (κ1) is 45.6. The van der Waals surface area contributed by atoms with Crippen molar-refractivity contribution < 1.29 is 19.1 Å². The minimum atomic E-state index is -0.125. The van der Waals surface area contributed by atoms with E-state index in [0.29, 0.717) is 26.1 Å². The Morgan fingerprint density at radius 3 is 1.43 bits per heavy atom. The fraction of sp³-hybridized carbons (Fsp3) is 0.805. The molecule has 0 fully saturated rings. The molecule has 0 heterocycles. The van der Waals surface area contributed by atoms with Gasteiger partial charge in [0.2, 0.25) is 0 Å². The Bertz CT molecular complexity index is 742. The summed E-state index contributed by atoms with van der Waals surface area (Å²) in [5.41, 5.74) is 0. The largest absolute Gasteiger partial charge is 0.465 e. The maximum Gasteiger partial charge on any atom is 0.305 e. The zero-order valence-electron chi connectivity index (χ0n) is 31.6. The minimum absolute atomic E-state index is 0.0432. The number of carbonyl (C=O) groups is 2. The lowest BCUT2D eigenvalue weighted by Crippen LogP contribution is -2.12. The van der Waals surface area contributed by atoms with Gasteiger partial charge in [-0.2, -0.15) is 0 Å². The first-order valence-electron chi connectivity index (χ1n) is 19.6. The number of nitrogens with zero attached hydrogens (tertiary/aromatic N) is 1. The second-order valence-electron chi connectivity index (χ2n) is 13.4. The summed E-state index contributed by atoms with van der Waals surface area (Å²) in [6.07, 6.45) is 37.8. The summed E-state index contributed by atoms with van der Waals surface area (Å²) >= 11 is 0. The molecule has 0 aliphatic rings. The van der Waals surface area contributed by atoms with E-state index in [0.717, 1.165) is 64.3 Å². The van der Waals surface area contributed by atoms with Crippen molar-refractivity contribution in [3.63, 3.8) is 0 Å². The van der Waals surface area contributed by atoms with Crippen molar-refractivity contribution in [1.82, 2.24) is 4.90 Å². The smallest absolute Gasteiger partial charge is 0.305 e. The Labute approximate surface area is 293 Å². The Morgan fingerprint density at radius 1 is 0.553 bits per heavy atom. The lowest BCUT2D eigenvalue weighted by Gasteiger charge is -2.21. The Hall–Kier alpha value is -1.45. The van der Waals surface area contributed by atoms with Gasteiger partial charge in [0.25, 0.3) is 0 Å². The lowest BCUT2D eigenvalue weighted by atomic mass is 10.1. The topological polar surface area (TPSA) is 55.8 Å². The van der Waals surface area contributed by atoms with Gasteiger partial charge in [0.1, 0.15) is 0 Å². The standard InChI is InChI=1S/C41H76NO4P/c1-6-8-10-12-14-20-26-35-45-40(43)32-24-18-16-22-28-37-47(39(3)31-30-34-42(4)5)38-29-23-17-19-25-33-41(44)46-36-27-21-15-13-11-9-7-2/h14-15,20-21H,3,6-13,16-19,22-38H2,1-2,4-5H3/b20-14-,21-15-. The summed E-state index contributed by atoms with van der Waals surface area (Å²) in [4.78, 5) is 26.3. The van der Waals surface area contributed by atoms with Crippen molar-refractivity contribution >= 4 is 19.9 Å². The molecule has 0 atom stereocenters. The summed E-state index contributed by atoms with van der Waals surface area (Å²) in [7, 11) is 4.17. The molecule has 0 aliphatic carbocycles. The fourth-order valence-corrected chi connectivity index (χ4v) is 8.05. The van der Waals surface area contributed by atoms with Gasteiger partial charge in [-0.15, -0.1) is 0 Å². The molecule has 0 rings (SSSR count). The van der Waals surface area contributed by atoms with E-state index in [1.54, 1.807) is 0 Å². The zero-order valence-corrected chi connectivity index (χ0v) is 32.4. The Morgan fingerprint density at radius 2 is 0.979 bits per heavy atom. The predicted molar refractivity (Wildman–Crippen MR) is 207 cm³/mol. The average Bonchev–Trinajstić information content (AvgIpc) is 3.05. The lowest BCUT2D eigenvalue weighted by molar-refractivity contribution is -0.144. The third-order valence-electron chi connectivity index (χ3n) is 8.51. The van der Waals surface area contributed by atoms with Crippen molar-refractivity contribution in [3.8, 4) is 0 Å². The van der Waals surface area contributed by atoms with Crippen molar-refractivity contribution in [2.75, 3.05) is 46.2 Å². The van der Waals surface area contributed by atoms with Crippen molar-refractivity contribution in [1.29, 1.82) is 0 Å². The molecule has 0 N–H and O–H groups in total. The molecule has 0 radical (unpaired) electrons. The first-order chi connectivity index (χ1) is 22.9. The van der Waals surface area contributed by atoms with Crippen LogP contribution in [0.3, 0.4) is 0 Å². The molecule has 0 spiro atoms. The second-order valence-corrected chi connectivity index (χ2v) is 16.1. The van der Waals surface area contributed by atoms with Gasteiger partial charge in [0.15, 0.2) is 0 Å². The maximum absolute atomic E-state index is 12.0. The SMILES string of the molecule is C=C(CCCN(C)C)P(CCCCCCCC(=O)OCC/C=C\CCCCC)CCCCCCCC(=O)OCC/C=C\CCCCC. The second kappa shape index (κ2) is 35.8. The number of hydrogen-bond donors (Lipinski definition) is 0. The van der Waals surface area contributed by atoms with Gasteiger partial charge in [-0.25, -0.2) is 0 Å². The van der Waals surface area contributed by atoms with Gasteiger partial charge in [0.05, 0.1) is 13.2 Å². The van der Waals surface area contributed by atoms with E-state index < -0.39 is 0 Å². The fourth-order valence-electron chi connectivity index (χ4n) is 5.51. The molecule has 0 bridgehead atoms. The number of carbonyl (C=O) groups excluding carboxylic acids is 2. The number of ether oxygens (including phenoxy) is 2. The molecular formula is C41H76NO4P. The van der Waals surface area contributed by atoms with E-state index in [2.05, 4.69) is 63.7 Å². The van der Waals surface area contributed by atoms with E-state index in [1.165, 1.54) is 101 Å². The molecule has 0 saturated carbocycles. The zero-order chi connectivity index (χ0) is 34.6. The summed E-state index contributed by atoms with van der Waals surface area (Å²) in [5.74, 6) is -0.0864. The van der Waals surface area contributed by atoms with Crippen LogP contribution in [-0.2, 0) is 19.1 Å². The molecule has 0 aromatic rings. The molecule has 274 valence electrons. The van der Waals surface area contributed by atoms with E-state index in [9.17, 15) is 9.59 Å². The van der Waals surface area contributed by atoms with E-state index in [4.69, 9.17) is 9.47 Å². The van der Waals surface area contributed by atoms with Gasteiger partial charge in [-0.3, -0.25) is 9.59 Å². The highest BCUT2D eigenvalue weighted by atomic mass is 31.1. The van der Waals surface area contributed by atoms with Crippen LogP contribution < -0.4 is 0 Å². The molecular weight excluding hydrogens is 601 g/mol. The van der Waals surface area contributed by atoms with Crippen LogP contribution in [-0.4, -0.2) is 63.0 Å². The van der Waals surface area contributed by atoms with Crippen LogP contribution >= 0.6 is 7.92 Å². The van der Waals surface area contributed by atoms with Crippen LogP contribution in [0.4, 0.5) is 0 Å². The number of hydrogen-bond acceptors (Lipinski definition) is 5. The number of esters is 2. The van der Waals surface area contributed by atoms with Gasteiger partial charge >= 0.3 is 11.9 Å². The van der Waals surface area contributed by atoms with E-state index >= 15 is 0 Å². The van der Waals surface area contributed by atoms with Crippen LogP contribution in [0.25, 0.3) is 0 Å². The number of allylic oxidation sites excluding steroid dienone is 3. The molecule has 0 unspecified atom stereocenters. The van der Waals surface area contributed by atoms with Crippen molar-refractivity contribution in [2.24, 2.45) is 0 Å². The van der Waals surface area contributed by atoms with Gasteiger partial charge < -0.3 is 14.4 Å². The summed E-state index contributed by atoms with van der Waals surface area (Å²) in [6, 6.07) is 0. The monoisotopic (exact) mass is 678 g/mol. The van der Waals surface area contributed by atoms with Crippen molar-refractivity contribution in [3.05, 3.63) is 36.2 Å².